The molecule has 0 amide bonds. The highest BCUT2D eigenvalue weighted by Crippen LogP contribution is 2.18. The van der Waals surface area contributed by atoms with Crippen LogP contribution in [0, 0.1) is 0 Å². The van der Waals surface area contributed by atoms with Crippen LogP contribution in [0.5, 0.6) is 0 Å². The average molecular weight is 210 g/mol. The highest BCUT2D eigenvalue weighted by atomic mass is 16.7. The molecule has 2 bridgehead atoms. The third kappa shape index (κ3) is 1.86. The highest BCUT2D eigenvalue weighted by Gasteiger charge is 2.27. The predicted octanol–water partition coefficient (Wildman–Crippen LogP) is 1.73. The number of carbonyl (C=O) groups excluding carboxylic acids is 2. The maximum Gasteiger partial charge on any atom is 0.377 e. The van der Waals surface area contributed by atoms with Crippen molar-refractivity contribution in [1.29, 1.82) is 0 Å². The van der Waals surface area contributed by atoms with Crippen LogP contribution in [-0.4, -0.2) is 18.2 Å². The van der Waals surface area contributed by atoms with Crippen molar-refractivity contribution >= 4 is 11.9 Å². The number of furan rings is 1. The second-order valence-electron chi connectivity index (χ2n) is 3.19. The van der Waals surface area contributed by atoms with Crippen LogP contribution in [0.4, 0.5) is 0 Å². The molecule has 0 fully saturated rings. The van der Waals surface area contributed by atoms with Crippen molar-refractivity contribution in [3.63, 3.8) is 0 Å². The summed E-state index contributed by atoms with van der Waals surface area (Å²) in [7, 11) is 0. The van der Waals surface area contributed by atoms with Crippen LogP contribution in [0.1, 0.15) is 40.9 Å². The molecule has 0 aliphatic carbocycles. The molecular formula is C10H10O5. The van der Waals surface area contributed by atoms with Gasteiger partial charge in [0.05, 0.1) is 0 Å². The van der Waals surface area contributed by atoms with E-state index in [1.807, 2.05) is 6.92 Å². The molecule has 2 rings (SSSR count). The van der Waals surface area contributed by atoms with E-state index in [0.717, 1.165) is 6.42 Å². The largest absolute Gasteiger partial charge is 0.442 e. The summed E-state index contributed by atoms with van der Waals surface area (Å²) in [4.78, 5) is 22.8. The second kappa shape index (κ2) is 3.76. The first-order valence-corrected chi connectivity index (χ1v) is 4.72. The third-order valence-electron chi connectivity index (χ3n) is 2.01. The molecule has 15 heavy (non-hydrogen) atoms. The number of fused-ring (bicyclic) bond motifs is 2. The fourth-order valence-corrected chi connectivity index (χ4v) is 1.29. The van der Waals surface area contributed by atoms with Gasteiger partial charge in [-0.2, -0.15) is 0 Å². The van der Waals surface area contributed by atoms with Crippen molar-refractivity contribution in [1.82, 2.24) is 0 Å². The van der Waals surface area contributed by atoms with Crippen molar-refractivity contribution in [3.05, 3.63) is 23.7 Å². The SMILES string of the molecule is CCCC1OC(=O)c2ccc(o2)C(=O)O1. The van der Waals surface area contributed by atoms with Gasteiger partial charge in [-0.15, -0.1) is 0 Å². The molecule has 0 saturated heterocycles. The van der Waals surface area contributed by atoms with Crippen LogP contribution >= 0.6 is 0 Å². The number of carbonyl (C=O) groups is 2. The molecule has 0 aromatic carbocycles. The van der Waals surface area contributed by atoms with E-state index in [9.17, 15) is 9.59 Å². The van der Waals surface area contributed by atoms with E-state index < -0.39 is 18.2 Å². The first kappa shape index (κ1) is 9.76. The summed E-state index contributed by atoms with van der Waals surface area (Å²) < 4.78 is 14.8. The van der Waals surface area contributed by atoms with Gasteiger partial charge in [-0.1, -0.05) is 6.92 Å². The predicted molar refractivity (Wildman–Crippen MR) is 48.2 cm³/mol. The quantitative estimate of drug-likeness (QED) is 0.695. The zero-order chi connectivity index (χ0) is 10.8. The summed E-state index contributed by atoms with van der Waals surface area (Å²) in [5.41, 5.74) is 0. The van der Waals surface area contributed by atoms with Gasteiger partial charge in [0.1, 0.15) is 0 Å². The van der Waals surface area contributed by atoms with E-state index in [2.05, 4.69) is 0 Å². The van der Waals surface area contributed by atoms with E-state index in [1.165, 1.54) is 12.1 Å². The maximum absolute atomic E-state index is 11.4. The molecule has 0 atom stereocenters. The zero-order valence-electron chi connectivity index (χ0n) is 8.19. The molecule has 1 aliphatic heterocycles. The summed E-state index contributed by atoms with van der Waals surface area (Å²) in [5, 5.41) is 0. The van der Waals surface area contributed by atoms with E-state index in [0.29, 0.717) is 6.42 Å². The highest BCUT2D eigenvalue weighted by molar-refractivity contribution is 5.92. The average Bonchev–Trinajstić information content (AvgIpc) is 2.66. The summed E-state index contributed by atoms with van der Waals surface area (Å²) in [5.74, 6) is -1.15. The Balaban J connectivity index is 2.26. The molecule has 80 valence electrons. The minimum Gasteiger partial charge on any atom is -0.442 e. The minimum absolute atomic E-state index is 0.0303. The lowest BCUT2D eigenvalue weighted by Gasteiger charge is -2.17. The summed E-state index contributed by atoms with van der Waals surface area (Å²) in [6, 6.07) is 2.79. The van der Waals surface area contributed by atoms with Crippen molar-refractivity contribution in [2.75, 3.05) is 0 Å². The van der Waals surface area contributed by atoms with E-state index in [-0.39, 0.29) is 11.5 Å². The van der Waals surface area contributed by atoms with Gasteiger partial charge in [-0.25, -0.2) is 9.59 Å². The lowest BCUT2D eigenvalue weighted by Crippen LogP contribution is -2.25. The van der Waals surface area contributed by atoms with Gasteiger partial charge in [-0.05, 0) is 18.6 Å². The number of cyclic esters (lactones) is 2. The molecule has 5 nitrogen and oxygen atoms in total. The van der Waals surface area contributed by atoms with Crippen molar-refractivity contribution in [2.24, 2.45) is 0 Å². The Labute approximate surface area is 86.0 Å². The van der Waals surface area contributed by atoms with E-state index in [4.69, 9.17) is 13.9 Å². The van der Waals surface area contributed by atoms with Gasteiger partial charge in [0, 0.05) is 6.42 Å². The van der Waals surface area contributed by atoms with Crippen molar-refractivity contribution < 1.29 is 23.5 Å². The normalized spacial score (nSPS) is 16.6. The van der Waals surface area contributed by atoms with Crippen LogP contribution in [0.25, 0.3) is 0 Å². The molecule has 0 radical (unpaired) electrons. The second-order valence-corrected chi connectivity index (χ2v) is 3.19. The Kier molecular flexibility index (Phi) is 2.45. The lowest BCUT2D eigenvalue weighted by atomic mass is 10.3. The maximum atomic E-state index is 11.4. The standard InChI is InChI=1S/C10H10O5/c1-2-3-8-14-9(11)6-4-5-7(13-6)10(12)15-8/h4-5,8H,2-3H2,1H3. The number of rotatable bonds is 2. The number of esters is 2. The minimum atomic E-state index is -0.816. The van der Waals surface area contributed by atoms with Gasteiger partial charge >= 0.3 is 11.9 Å². The van der Waals surface area contributed by atoms with Gasteiger partial charge in [0.15, 0.2) is 0 Å². The summed E-state index contributed by atoms with van der Waals surface area (Å²) in [6.45, 7) is 1.91. The van der Waals surface area contributed by atoms with Gasteiger partial charge in [0.25, 0.3) is 0 Å². The molecule has 0 spiro atoms. The summed E-state index contributed by atoms with van der Waals surface area (Å²) >= 11 is 0. The Hall–Kier alpha value is -1.78. The molecule has 2 heterocycles. The van der Waals surface area contributed by atoms with Crippen LogP contribution in [-0.2, 0) is 9.47 Å². The van der Waals surface area contributed by atoms with Crippen LogP contribution < -0.4 is 0 Å². The fourth-order valence-electron chi connectivity index (χ4n) is 1.29. The molecule has 0 N–H and O–H groups in total. The van der Waals surface area contributed by atoms with Gasteiger partial charge < -0.3 is 13.9 Å². The molecule has 5 heteroatoms. The number of hydrogen-bond acceptors (Lipinski definition) is 5. The smallest absolute Gasteiger partial charge is 0.377 e. The Morgan fingerprint density at radius 2 is 1.67 bits per heavy atom. The number of ether oxygens (including phenoxy) is 2. The number of hydrogen-bond donors (Lipinski definition) is 0. The van der Waals surface area contributed by atoms with Gasteiger partial charge in [-0.3, -0.25) is 0 Å². The van der Waals surface area contributed by atoms with Crippen LogP contribution in [0.2, 0.25) is 0 Å². The fraction of sp³-hybridized carbons (Fsp3) is 0.400. The first-order valence-electron chi connectivity index (χ1n) is 4.72. The van der Waals surface area contributed by atoms with Crippen molar-refractivity contribution in [3.8, 4) is 0 Å². The van der Waals surface area contributed by atoms with Crippen molar-refractivity contribution in [2.45, 2.75) is 26.1 Å². The molecule has 1 aromatic rings. The molecule has 1 aromatic heterocycles. The molecule has 1 aliphatic rings. The topological polar surface area (TPSA) is 65.7 Å². The monoisotopic (exact) mass is 210 g/mol. The van der Waals surface area contributed by atoms with Crippen LogP contribution in [0.3, 0.4) is 0 Å². The first-order chi connectivity index (χ1) is 7.20. The Bertz CT molecular complexity index is 360. The Morgan fingerprint density at radius 1 is 1.13 bits per heavy atom. The van der Waals surface area contributed by atoms with E-state index >= 15 is 0 Å². The molecule has 0 unspecified atom stereocenters. The Morgan fingerprint density at radius 3 is 2.13 bits per heavy atom. The zero-order valence-corrected chi connectivity index (χ0v) is 8.19. The summed E-state index contributed by atoms with van der Waals surface area (Å²) in [6.07, 6.45) is 0.422. The van der Waals surface area contributed by atoms with Gasteiger partial charge in [0.2, 0.25) is 17.8 Å². The molecular weight excluding hydrogens is 200 g/mol. The van der Waals surface area contributed by atoms with Crippen LogP contribution in [0.15, 0.2) is 16.5 Å². The van der Waals surface area contributed by atoms with E-state index in [1.54, 1.807) is 0 Å². The lowest BCUT2D eigenvalue weighted by molar-refractivity contribution is -0.0890. The third-order valence-corrected chi connectivity index (χ3v) is 2.01. The molecule has 0 saturated carbocycles.